The van der Waals surface area contributed by atoms with Gasteiger partial charge in [-0.3, -0.25) is 19.7 Å². The molecule has 0 fully saturated rings. The number of amides is 1. The van der Waals surface area contributed by atoms with Crippen LogP contribution in [0.3, 0.4) is 0 Å². The molecule has 3 aromatic carbocycles. The van der Waals surface area contributed by atoms with Crippen LogP contribution >= 0.6 is 23.2 Å². The molecule has 214 valence electrons. The zero-order chi connectivity index (χ0) is 29.7. The number of rotatable bonds is 11. The molecule has 1 heterocycles. The van der Waals surface area contributed by atoms with E-state index in [9.17, 15) is 19.2 Å². The number of esters is 1. The van der Waals surface area contributed by atoms with Gasteiger partial charge in [0, 0.05) is 35.7 Å². The van der Waals surface area contributed by atoms with Gasteiger partial charge in [0.05, 0.1) is 22.7 Å². The fraction of sp³-hybridized carbons (Fsp3) is 0.267. The molecule has 0 unspecified atom stereocenters. The van der Waals surface area contributed by atoms with E-state index in [1.54, 1.807) is 81.6 Å². The van der Waals surface area contributed by atoms with Gasteiger partial charge in [-0.1, -0.05) is 47.5 Å². The van der Waals surface area contributed by atoms with Gasteiger partial charge in [-0.2, -0.15) is 0 Å². The number of halogens is 2. The van der Waals surface area contributed by atoms with Gasteiger partial charge in [0.1, 0.15) is 6.04 Å². The van der Waals surface area contributed by atoms with Gasteiger partial charge >= 0.3 is 11.7 Å². The Morgan fingerprint density at radius 2 is 1.71 bits per heavy atom. The van der Waals surface area contributed by atoms with Gasteiger partial charge in [-0.15, -0.1) is 0 Å². The number of nitrogens with zero attached hydrogens (tertiary/aromatic N) is 2. The van der Waals surface area contributed by atoms with Crippen molar-refractivity contribution in [1.82, 2.24) is 19.8 Å². The van der Waals surface area contributed by atoms with E-state index in [1.165, 1.54) is 4.90 Å². The Kier molecular flexibility index (Phi) is 9.65. The molecule has 0 spiro atoms. The second-order valence-electron chi connectivity index (χ2n) is 9.96. The molecule has 41 heavy (non-hydrogen) atoms. The van der Waals surface area contributed by atoms with Crippen molar-refractivity contribution >= 4 is 46.5 Å². The standard InChI is InChI=1S/C30H30Cl2N4O5/c1-18(2)41-29(39)27(33-15-23-24(31)5-4-6-25(23)32)14-19-7-10-21(11-8-19)36-28(38)22-13-20(16-35(3)17-37)9-12-26(22)34-30(36)40/h4-13,17-18,27,33H,14-16H2,1-3H3,(H,34,40)/t27-/m0/s1. The van der Waals surface area contributed by atoms with Crippen LogP contribution in [-0.4, -0.2) is 46.0 Å². The molecule has 4 rings (SSSR count). The van der Waals surface area contributed by atoms with E-state index in [2.05, 4.69) is 10.3 Å². The van der Waals surface area contributed by atoms with Crippen LogP contribution in [0.2, 0.25) is 10.0 Å². The van der Waals surface area contributed by atoms with Crippen molar-refractivity contribution in [1.29, 1.82) is 0 Å². The highest BCUT2D eigenvalue weighted by atomic mass is 35.5. The monoisotopic (exact) mass is 596 g/mol. The number of aromatic amines is 1. The lowest BCUT2D eigenvalue weighted by molar-refractivity contribution is -0.150. The molecule has 1 atom stereocenters. The van der Waals surface area contributed by atoms with Crippen molar-refractivity contribution in [3.8, 4) is 5.69 Å². The first kappa shape index (κ1) is 30.0. The zero-order valence-corrected chi connectivity index (χ0v) is 24.3. The number of hydrogen-bond donors (Lipinski definition) is 2. The molecule has 4 aromatic rings. The van der Waals surface area contributed by atoms with Crippen molar-refractivity contribution < 1.29 is 14.3 Å². The van der Waals surface area contributed by atoms with E-state index in [0.717, 1.165) is 15.7 Å². The predicted molar refractivity (Wildman–Crippen MR) is 160 cm³/mol. The Morgan fingerprint density at radius 1 is 1.05 bits per heavy atom. The van der Waals surface area contributed by atoms with Crippen LogP contribution in [0.5, 0.6) is 0 Å². The number of fused-ring (bicyclic) bond motifs is 1. The Bertz CT molecular complexity index is 1660. The predicted octanol–water partition coefficient (Wildman–Crippen LogP) is 4.23. The summed E-state index contributed by atoms with van der Waals surface area (Å²) in [5.41, 5.74) is 1.92. The normalized spacial score (nSPS) is 12.0. The molecule has 11 heteroatoms. The number of nitrogens with one attached hydrogen (secondary N) is 2. The van der Waals surface area contributed by atoms with Crippen molar-refractivity contribution in [2.45, 2.75) is 45.5 Å². The first-order valence-electron chi connectivity index (χ1n) is 13.0. The quantitative estimate of drug-likeness (QED) is 0.198. The second kappa shape index (κ2) is 13.2. The van der Waals surface area contributed by atoms with Gasteiger partial charge in [-0.25, -0.2) is 9.36 Å². The Morgan fingerprint density at radius 3 is 2.34 bits per heavy atom. The lowest BCUT2D eigenvalue weighted by atomic mass is 10.0. The average molecular weight is 597 g/mol. The smallest absolute Gasteiger partial charge is 0.333 e. The summed E-state index contributed by atoms with van der Waals surface area (Å²) >= 11 is 12.6. The summed E-state index contributed by atoms with van der Waals surface area (Å²) in [4.78, 5) is 54.3. The second-order valence-corrected chi connectivity index (χ2v) is 10.8. The van der Waals surface area contributed by atoms with Crippen LogP contribution in [0.15, 0.2) is 70.3 Å². The van der Waals surface area contributed by atoms with Crippen LogP contribution in [-0.2, 0) is 33.8 Å². The summed E-state index contributed by atoms with van der Waals surface area (Å²) in [5, 5.41) is 4.49. The fourth-order valence-electron chi connectivity index (χ4n) is 4.42. The summed E-state index contributed by atoms with van der Waals surface area (Å²) in [6.45, 7) is 4.12. The van der Waals surface area contributed by atoms with E-state index in [4.69, 9.17) is 27.9 Å². The van der Waals surface area contributed by atoms with Crippen LogP contribution in [0.25, 0.3) is 16.6 Å². The number of carbonyl (C=O) groups excluding carboxylic acids is 2. The largest absolute Gasteiger partial charge is 0.462 e. The first-order chi connectivity index (χ1) is 19.6. The number of aromatic nitrogens is 2. The van der Waals surface area contributed by atoms with E-state index in [-0.39, 0.29) is 19.1 Å². The molecule has 2 N–H and O–H groups in total. The topological polar surface area (TPSA) is 114 Å². The summed E-state index contributed by atoms with van der Waals surface area (Å²) in [6.07, 6.45) is 0.680. The molecule has 9 nitrogen and oxygen atoms in total. The molecule has 0 aliphatic rings. The highest BCUT2D eigenvalue weighted by molar-refractivity contribution is 6.35. The molecular formula is C30H30Cl2N4O5. The van der Waals surface area contributed by atoms with Crippen molar-refractivity contribution in [2.75, 3.05) is 7.05 Å². The number of hydrogen-bond acceptors (Lipinski definition) is 6. The summed E-state index contributed by atoms with van der Waals surface area (Å²) < 4.78 is 6.52. The Hall–Kier alpha value is -3.92. The van der Waals surface area contributed by atoms with Crippen LogP contribution in [0.4, 0.5) is 0 Å². The van der Waals surface area contributed by atoms with Crippen molar-refractivity contribution in [2.24, 2.45) is 0 Å². The van der Waals surface area contributed by atoms with Gasteiger partial charge in [0.2, 0.25) is 6.41 Å². The minimum absolute atomic E-state index is 0.251. The molecule has 1 amide bonds. The van der Waals surface area contributed by atoms with Gasteiger partial charge < -0.3 is 14.6 Å². The third-order valence-electron chi connectivity index (χ3n) is 6.43. The molecule has 0 bridgehead atoms. The third-order valence-corrected chi connectivity index (χ3v) is 7.14. The summed E-state index contributed by atoms with van der Waals surface area (Å²) in [7, 11) is 1.64. The Labute approximate surface area is 246 Å². The third kappa shape index (κ3) is 7.24. The lowest BCUT2D eigenvalue weighted by Crippen LogP contribution is -2.40. The van der Waals surface area contributed by atoms with E-state index < -0.39 is 23.3 Å². The van der Waals surface area contributed by atoms with Crippen LogP contribution in [0, 0.1) is 0 Å². The first-order valence-corrected chi connectivity index (χ1v) is 13.7. The molecule has 0 radical (unpaired) electrons. The lowest BCUT2D eigenvalue weighted by Gasteiger charge is -2.20. The maximum absolute atomic E-state index is 13.4. The summed E-state index contributed by atoms with van der Waals surface area (Å²) in [5.74, 6) is -0.425. The highest BCUT2D eigenvalue weighted by Crippen LogP contribution is 2.24. The number of benzene rings is 3. The molecule has 0 aliphatic carbocycles. The minimum Gasteiger partial charge on any atom is -0.462 e. The molecule has 0 saturated carbocycles. The SMILES string of the molecule is CC(C)OC(=O)[C@H](Cc1ccc(-n2c(=O)[nH]c3ccc(CN(C)C=O)cc3c2=O)cc1)NCc1c(Cl)cccc1Cl. The van der Waals surface area contributed by atoms with E-state index >= 15 is 0 Å². The number of carbonyl (C=O) groups is 2. The number of ether oxygens (including phenoxy) is 1. The van der Waals surface area contributed by atoms with Gasteiger partial charge in [0.15, 0.2) is 0 Å². The maximum Gasteiger partial charge on any atom is 0.333 e. The number of H-pyrrole nitrogens is 1. The molecule has 1 aromatic heterocycles. The van der Waals surface area contributed by atoms with Crippen LogP contribution < -0.4 is 16.6 Å². The minimum atomic E-state index is -0.703. The van der Waals surface area contributed by atoms with Crippen molar-refractivity contribution in [3.05, 3.63) is 108 Å². The molecular weight excluding hydrogens is 567 g/mol. The van der Waals surface area contributed by atoms with Crippen LogP contribution in [0.1, 0.15) is 30.5 Å². The molecule has 0 aliphatic heterocycles. The average Bonchev–Trinajstić information content (AvgIpc) is 2.92. The summed E-state index contributed by atoms with van der Waals surface area (Å²) in [6, 6.07) is 16.4. The zero-order valence-electron chi connectivity index (χ0n) is 22.8. The van der Waals surface area contributed by atoms with E-state index in [0.29, 0.717) is 45.2 Å². The van der Waals surface area contributed by atoms with Crippen molar-refractivity contribution in [3.63, 3.8) is 0 Å². The fourth-order valence-corrected chi connectivity index (χ4v) is 4.95. The highest BCUT2D eigenvalue weighted by Gasteiger charge is 2.22. The molecule has 0 saturated heterocycles. The van der Waals surface area contributed by atoms with Gasteiger partial charge in [0.25, 0.3) is 5.56 Å². The Balaban J connectivity index is 1.60. The van der Waals surface area contributed by atoms with E-state index in [1.807, 2.05) is 0 Å². The maximum atomic E-state index is 13.4. The van der Waals surface area contributed by atoms with Gasteiger partial charge in [-0.05, 0) is 67.8 Å².